The minimum Gasteiger partial charge on any atom is -0.211 e. The Morgan fingerprint density at radius 2 is 1.65 bits per heavy atom. The van der Waals surface area contributed by atoms with Crippen molar-refractivity contribution in [2.45, 2.75) is 9.79 Å². The van der Waals surface area contributed by atoms with Gasteiger partial charge in [0.05, 0.1) is 16.4 Å². The summed E-state index contributed by atoms with van der Waals surface area (Å²) in [7, 11) is 0. The van der Waals surface area contributed by atoms with Crippen LogP contribution in [0.15, 0.2) is 62.2 Å². The smallest absolute Gasteiger partial charge is 0.211 e. The molecule has 20 heavy (non-hydrogen) atoms. The average molecular weight is 303 g/mol. The molecule has 0 aliphatic carbocycles. The van der Waals surface area contributed by atoms with Crippen molar-refractivity contribution in [2.24, 2.45) is 9.98 Å². The number of halogens is 1. The van der Waals surface area contributed by atoms with Gasteiger partial charge in [0.2, 0.25) is 12.2 Å². The second-order valence-corrected chi connectivity index (χ2v) is 5.11. The van der Waals surface area contributed by atoms with E-state index in [2.05, 4.69) is 9.98 Å². The Morgan fingerprint density at radius 1 is 0.950 bits per heavy atom. The van der Waals surface area contributed by atoms with Crippen LogP contribution in [0.5, 0.6) is 0 Å². The first-order valence-electron chi connectivity index (χ1n) is 5.47. The molecule has 2 aromatic carbocycles. The maximum absolute atomic E-state index is 10.4. The number of hydrogen-bond donors (Lipinski definition) is 0. The summed E-state index contributed by atoms with van der Waals surface area (Å²) >= 11 is 7.40. The van der Waals surface area contributed by atoms with E-state index in [1.165, 1.54) is 23.9 Å². The van der Waals surface area contributed by atoms with Gasteiger partial charge in [-0.05, 0) is 30.3 Å². The maximum Gasteiger partial charge on any atom is 0.240 e. The van der Waals surface area contributed by atoms with Crippen LogP contribution in [0, 0.1) is 0 Å². The molecule has 0 spiro atoms. The van der Waals surface area contributed by atoms with Crippen molar-refractivity contribution in [2.75, 3.05) is 0 Å². The predicted molar refractivity (Wildman–Crippen MR) is 77.6 cm³/mol. The van der Waals surface area contributed by atoms with E-state index in [-0.39, 0.29) is 0 Å². The zero-order chi connectivity index (χ0) is 14.4. The van der Waals surface area contributed by atoms with Crippen molar-refractivity contribution in [1.29, 1.82) is 0 Å². The highest BCUT2D eigenvalue weighted by Crippen LogP contribution is 2.37. The summed E-state index contributed by atoms with van der Waals surface area (Å²) in [5.41, 5.74) is 0.906. The molecular weight excluding hydrogens is 296 g/mol. The molecule has 0 saturated carbocycles. The quantitative estimate of drug-likeness (QED) is 0.620. The Balaban J connectivity index is 2.33. The van der Waals surface area contributed by atoms with E-state index in [1.807, 2.05) is 12.1 Å². The van der Waals surface area contributed by atoms with E-state index in [4.69, 9.17) is 11.6 Å². The van der Waals surface area contributed by atoms with E-state index in [0.717, 1.165) is 9.79 Å². The number of para-hydroxylation sites is 1. The second kappa shape index (κ2) is 6.85. The number of isocyanates is 2. The lowest BCUT2D eigenvalue weighted by molar-refractivity contribution is 0.564. The van der Waals surface area contributed by atoms with Gasteiger partial charge in [-0.15, -0.1) is 0 Å². The number of hydrogen-bond acceptors (Lipinski definition) is 5. The standard InChI is InChI=1S/C14H7ClN2O2S/c15-11-7-10(5-6-12(11)16-8-18)20-14-4-2-1-3-13(14)17-9-19/h1-7H. The minimum atomic E-state index is 0.356. The normalized spacial score (nSPS) is 9.45. The highest BCUT2D eigenvalue weighted by molar-refractivity contribution is 7.99. The second-order valence-electron chi connectivity index (χ2n) is 3.59. The molecule has 0 heterocycles. The monoisotopic (exact) mass is 302 g/mol. The fraction of sp³-hybridized carbons (Fsp3) is 0. The molecule has 6 heteroatoms. The molecule has 0 radical (unpaired) electrons. The van der Waals surface area contributed by atoms with Crippen LogP contribution in [0.4, 0.5) is 11.4 Å². The predicted octanol–water partition coefficient (Wildman–Crippen LogP) is 4.43. The van der Waals surface area contributed by atoms with Crippen molar-refractivity contribution in [3.63, 3.8) is 0 Å². The van der Waals surface area contributed by atoms with Gasteiger partial charge >= 0.3 is 0 Å². The van der Waals surface area contributed by atoms with Gasteiger partial charge in [0, 0.05) is 9.79 Å². The van der Waals surface area contributed by atoms with E-state index in [9.17, 15) is 9.59 Å². The first-order chi connectivity index (χ1) is 9.74. The van der Waals surface area contributed by atoms with Crippen LogP contribution >= 0.6 is 23.4 Å². The lowest BCUT2D eigenvalue weighted by Gasteiger charge is -2.05. The van der Waals surface area contributed by atoms with Gasteiger partial charge < -0.3 is 0 Å². The van der Waals surface area contributed by atoms with Gasteiger partial charge in [0.15, 0.2) is 0 Å². The van der Waals surface area contributed by atoms with Crippen molar-refractivity contribution < 1.29 is 9.59 Å². The Morgan fingerprint density at radius 3 is 2.35 bits per heavy atom. The first kappa shape index (κ1) is 14.3. The molecule has 0 saturated heterocycles. The van der Waals surface area contributed by atoms with Gasteiger partial charge in [-0.3, -0.25) is 0 Å². The van der Waals surface area contributed by atoms with Gasteiger partial charge in [-0.25, -0.2) is 9.59 Å². The third kappa shape index (κ3) is 3.44. The van der Waals surface area contributed by atoms with Gasteiger partial charge in [0.25, 0.3) is 0 Å². The first-order valence-corrected chi connectivity index (χ1v) is 6.66. The van der Waals surface area contributed by atoms with Crippen molar-refractivity contribution in [3.8, 4) is 0 Å². The van der Waals surface area contributed by atoms with Gasteiger partial charge in [-0.2, -0.15) is 9.98 Å². The minimum absolute atomic E-state index is 0.356. The fourth-order valence-corrected chi connectivity index (χ4v) is 2.72. The summed E-state index contributed by atoms with van der Waals surface area (Å²) in [6.45, 7) is 0. The van der Waals surface area contributed by atoms with E-state index in [1.54, 1.807) is 30.3 Å². The Bertz CT molecular complexity index is 736. The molecule has 0 aliphatic rings. The summed E-state index contributed by atoms with van der Waals surface area (Å²) in [6, 6.07) is 12.3. The zero-order valence-corrected chi connectivity index (χ0v) is 11.6. The van der Waals surface area contributed by atoms with Crippen LogP contribution in [-0.2, 0) is 9.59 Å². The van der Waals surface area contributed by atoms with Crippen molar-refractivity contribution in [1.82, 2.24) is 0 Å². The number of benzene rings is 2. The summed E-state index contributed by atoms with van der Waals surface area (Å²) in [4.78, 5) is 29.4. The molecule has 0 bridgehead atoms. The van der Waals surface area contributed by atoms with E-state index in [0.29, 0.717) is 16.4 Å². The topological polar surface area (TPSA) is 58.9 Å². The summed E-state index contributed by atoms with van der Waals surface area (Å²) in [6.07, 6.45) is 2.97. The highest BCUT2D eigenvalue weighted by atomic mass is 35.5. The van der Waals surface area contributed by atoms with Crippen molar-refractivity contribution >= 4 is 46.9 Å². The van der Waals surface area contributed by atoms with E-state index >= 15 is 0 Å². The highest BCUT2D eigenvalue weighted by Gasteiger charge is 2.06. The molecule has 2 rings (SSSR count). The lowest BCUT2D eigenvalue weighted by Crippen LogP contribution is -1.76. The number of aliphatic imine (C=N–C) groups is 2. The Hall–Kier alpha value is -2.16. The maximum atomic E-state index is 10.4. The largest absolute Gasteiger partial charge is 0.240 e. The zero-order valence-electron chi connectivity index (χ0n) is 10.0. The van der Waals surface area contributed by atoms with Crippen LogP contribution in [0.1, 0.15) is 0 Å². The van der Waals surface area contributed by atoms with Crippen molar-refractivity contribution in [3.05, 3.63) is 47.5 Å². The molecule has 0 N–H and O–H groups in total. The average Bonchev–Trinajstić information content (AvgIpc) is 2.44. The number of rotatable bonds is 4. The third-order valence-electron chi connectivity index (χ3n) is 2.34. The third-order valence-corrected chi connectivity index (χ3v) is 3.70. The molecule has 0 atom stereocenters. The lowest BCUT2D eigenvalue weighted by atomic mass is 10.3. The van der Waals surface area contributed by atoms with Gasteiger partial charge in [-0.1, -0.05) is 35.5 Å². The molecule has 0 fully saturated rings. The SMILES string of the molecule is O=C=Nc1ccc(Sc2ccccc2N=C=O)cc1Cl. The molecule has 98 valence electrons. The molecule has 2 aromatic rings. The van der Waals surface area contributed by atoms with E-state index < -0.39 is 0 Å². The summed E-state index contributed by atoms with van der Waals surface area (Å²) in [5.74, 6) is 0. The summed E-state index contributed by atoms with van der Waals surface area (Å²) in [5, 5.41) is 0.356. The molecule has 0 amide bonds. The molecule has 0 aromatic heterocycles. The van der Waals surface area contributed by atoms with Crippen LogP contribution < -0.4 is 0 Å². The Labute approximate surface area is 124 Å². The molecule has 0 aliphatic heterocycles. The van der Waals surface area contributed by atoms with Crippen LogP contribution in [0.2, 0.25) is 5.02 Å². The molecule has 4 nitrogen and oxygen atoms in total. The van der Waals surface area contributed by atoms with Crippen LogP contribution in [-0.4, -0.2) is 12.2 Å². The Kier molecular flexibility index (Phi) is 4.88. The molecular formula is C14H7ClN2O2S. The van der Waals surface area contributed by atoms with Gasteiger partial charge in [0.1, 0.15) is 0 Å². The number of nitrogens with zero attached hydrogens (tertiary/aromatic N) is 2. The summed E-state index contributed by atoms with van der Waals surface area (Å²) < 4.78 is 0. The fourth-order valence-electron chi connectivity index (χ4n) is 1.50. The van der Waals surface area contributed by atoms with Crippen LogP contribution in [0.3, 0.4) is 0 Å². The van der Waals surface area contributed by atoms with Crippen LogP contribution in [0.25, 0.3) is 0 Å². The number of carbonyl (C=O) groups excluding carboxylic acids is 2. The molecule has 0 unspecified atom stereocenters.